The lowest BCUT2D eigenvalue weighted by molar-refractivity contribution is -0.117. The van der Waals surface area contributed by atoms with Crippen LogP contribution in [0, 0.1) is 0 Å². The molecule has 0 unspecified atom stereocenters. The average Bonchev–Trinajstić information content (AvgIpc) is 3.02. The molecule has 1 aliphatic carbocycles. The van der Waals surface area contributed by atoms with E-state index < -0.39 is 0 Å². The number of aromatic nitrogens is 2. The molecule has 0 radical (unpaired) electrons. The lowest BCUT2D eigenvalue weighted by atomic mass is 10.3. The molecule has 0 spiro atoms. The van der Waals surface area contributed by atoms with Gasteiger partial charge in [0, 0.05) is 11.6 Å². The van der Waals surface area contributed by atoms with Crippen LogP contribution >= 0.6 is 11.6 Å². The van der Waals surface area contributed by atoms with Crippen molar-refractivity contribution in [2.24, 2.45) is 5.73 Å². The maximum atomic E-state index is 11.8. The monoisotopic (exact) mass is 238 g/mol. The van der Waals surface area contributed by atoms with E-state index in [1.807, 2.05) is 0 Å². The van der Waals surface area contributed by atoms with Gasteiger partial charge in [-0.25, -0.2) is 9.97 Å². The van der Waals surface area contributed by atoms with Gasteiger partial charge in [0.1, 0.15) is 16.8 Å². The lowest BCUT2D eigenvalue weighted by Gasteiger charge is -2.15. The molecule has 3 rings (SSSR count). The Balaban J connectivity index is 2.11. The second-order valence-corrected chi connectivity index (χ2v) is 4.47. The molecular formula is C10H11ClN4O. The second kappa shape index (κ2) is 3.40. The van der Waals surface area contributed by atoms with Crippen LogP contribution in [0.5, 0.6) is 0 Å². The third kappa shape index (κ3) is 1.39. The van der Waals surface area contributed by atoms with Gasteiger partial charge in [-0.05, 0) is 12.8 Å². The molecule has 5 nitrogen and oxygen atoms in total. The van der Waals surface area contributed by atoms with E-state index in [-0.39, 0.29) is 12.5 Å². The maximum absolute atomic E-state index is 11.8. The van der Waals surface area contributed by atoms with Gasteiger partial charge in [0.05, 0.1) is 13.0 Å². The Morgan fingerprint density at radius 2 is 2.19 bits per heavy atom. The number of carbonyl (C=O) groups excluding carboxylic acids is 1. The highest BCUT2D eigenvalue weighted by atomic mass is 35.5. The molecule has 2 heterocycles. The van der Waals surface area contributed by atoms with Crippen molar-refractivity contribution in [3.8, 4) is 0 Å². The fourth-order valence-corrected chi connectivity index (χ4v) is 2.24. The van der Waals surface area contributed by atoms with Crippen molar-refractivity contribution in [3.63, 3.8) is 0 Å². The summed E-state index contributed by atoms with van der Waals surface area (Å²) in [5.41, 5.74) is 6.24. The summed E-state index contributed by atoms with van der Waals surface area (Å²) in [5.74, 6) is 1.24. The van der Waals surface area contributed by atoms with E-state index in [0.717, 1.165) is 18.4 Å². The molecule has 1 saturated carbocycles. The molecular weight excluding hydrogens is 228 g/mol. The summed E-state index contributed by atoms with van der Waals surface area (Å²) in [7, 11) is 0. The predicted octanol–water partition coefficient (Wildman–Crippen LogP) is 0.640. The molecule has 84 valence electrons. The van der Waals surface area contributed by atoms with Crippen molar-refractivity contribution in [2.75, 3.05) is 4.90 Å². The molecule has 0 bridgehead atoms. The van der Waals surface area contributed by atoms with E-state index in [9.17, 15) is 4.79 Å². The smallest absolute Gasteiger partial charge is 0.233 e. The first-order chi connectivity index (χ1) is 7.70. The number of hydrogen-bond donors (Lipinski definition) is 1. The molecule has 0 aromatic carbocycles. The zero-order valence-electron chi connectivity index (χ0n) is 8.61. The predicted molar refractivity (Wildman–Crippen MR) is 59.1 cm³/mol. The van der Waals surface area contributed by atoms with Crippen molar-refractivity contribution < 1.29 is 4.79 Å². The molecule has 1 aromatic heterocycles. The van der Waals surface area contributed by atoms with Crippen molar-refractivity contribution in [2.45, 2.75) is 31.8 Å². The summed E-state index contributed by atoms with van der Waals surface area (Å²) >= 11 is 6.02. The van der Waals surface area contributed by atoms with Crippen LogP contribution in [0.3, 0.4) is 0 Å². The van der Waals surface area contributed by atoms with Crippen molar-refractivity contribution in [3.05, 3.63) is 16.5 Å². The first-order valence-electron chi connectivity index (χ1n) is 5.28. The van der Waals surface area contributed by atoms with Crippen LogP contribution in [-0.2, 0) is 17.8 Å². The standard InChI is InChI=1S/C10H11ClN4O/c11-9-6-3-8(16)15(5-1-2-5)10(6)14-7(4-12)13-9/h5H,1-4,12H2. The normalized spacial score (nSPS) is 19.1. The van der Waals surface area contributed by atoms with E-state index in [2.05, 4.69) is 9.97 Å². The first-order valence-corrected chi connectivity index (χ1v) is 5.66. The number of nitrogens with zero attached hydrogens (tertiary/aromatic N) is 3. The topological polar surface area (TPSA) is 72.1 Å². The number of amides is 1. The molecule has 1 aromatic rings. The summed E-state index contributed by atoms with van der Waals surface area (Å²) < 4.78 is 0. The van der Waals surface area contributed by atoms with Gasteiger partial charge >= 0.3 is 0 Å². The highest BCUT2D eigenvalue weighted by Gasteiger charge is 2.41. The van der Waals surface area contributed by atoms with E-state index in [0.29, 0.717) is 29.3 Å². The van der Waals surface area contributed by atoms with Gasteiger partial charge in [-0.1, -0.05) is 11.6 Å². The number of nitrogens with two attached hydrogens (primary N) is 1. The Kier molecular flexibility index (Phi) is 2.12. The van der Waals surface area contributed by atoms with Gasteiger partial charge in [-0.15, -0.1) is 0 Å². The summed E-state index contributed by atoms with van der Waals surface area (Å²) in [6.07, 6.45) is 2.41. The summed E-state index contributed by atoms with van der Waals surface area (Å²) in [4.78, 5) is 22.0. The minimum Gasteiger partial charge on any atom is -0.324 e. The fraction of sp³-hybridized carbons (Fsp3) is 0.500. The number of rotatable bonds is 2. The Hall–Kier alpha value is -1.20. The Bertz CT molecular complexity index is 472. The first kappa shape index (κ1) is 9.99. The molecule has 16 heavy (non-hydrogen) atoms. The van der Waals surface area contributed by atoms with Crippen molar-refractivity contribution in [1.82, 2.24) is 9.97 Å². The molecule has 1 amide bonds. The molecule has 2 N–H and O–H groups in total. The zero-order chi connectivity index (χ0) is 11.3. The molecule has 1 aliphatic heterocycles. The molecule has 2 aliphatic rings. The fourth-order valence-electron chi connectivity index (χ4n) is 1.99. The number of halogens is 1. The van der Waals surface area contributed by atoms with Crippen LogP contribution in [0.1, 0.15) is 24.2 Å². The Morgan fingerprint density at radius 1 is 1.44 bits per heavy atom. The highest BCUT2D eigenvalue weighted by Crippen LogP contribution is 2.39. The Morgan fingerprint density at radius 3 is 2.81 bits per heavy atom. The maximum Gasteiger partial charge on any atom is 0.233 e. The number of hydrogen-bond acceptors (Lipinski definition) is 4. The summed E-state index contributed by atoms with van der Waals surface area (Å²) in [6, 6.07) is 0.311. The van der Waals surface area contributed by atoms with Crippen LogP contribution in [0.15, 0.2) is 0 Å². The number of carbonyl (C=O) groups is 1. The zero-order valence-corrected chi connectivity index (χ0v) is 9.37. The van der Waals surface area contributed by atoms with Crippen LogP contribution in [-0.4, -0.2) is 21.9 Å². The average molecular weight is 239 g/mol. The van der Waals surface area contributed by atoms with Crippen molar-refractivity contribution in [1.29, 1.82) is 0 Å². The number of fused-ring (bicyclic) bond motifs is 1. The SMILES string of the molecule is NCc1nc(Cl)c2c(n1)N(C1CC1)C(=O)C2. The quantitative estimate of drug-likeness (QED) is 0.768. The highest BCUT2D eigenvalue weighted by molar-refractivity contribution is 6.31. The number of anilines is 1. The largest absolute Gasteiger partial charge is 0.324 e. The minimum absolute atomic E-state index is 0.0721. The summed E-state index contributed by atoms with van der Waals surface area (Å²) in [6.45, 7) is 0.236. The Labute approximate surface area is 97.6 Å². The van der Waals surface area contributed by atoms with E-state index in [1.54, 1.807) is 4.90 Å². The molecule has 1 fully saturated rings. The second-order valence-electron chi connectivity index (χ2n) is 4.11. The van der Waals surface area contributed by atoms with Crippen LogP contribution < -0.4 is 10.6 Å². The molecule has 0 atom stereocenters. The third-order valence-corrected chi connectivity index (χ3v) is 3.21. The third-order valence-electron chi connectivity index (χ3n) is 2.90. The van der Waals surface area contributed by atoms with Gasteiger partial charge in [0.2, 0.25) is 5.91 Å². The van der Waals surface area contributed by atoms with E-state index in [4.69, 9.17) is 17.3 Å². The van der Waals surface area contributed by atoms with Crippen LogP contribution in [0.25, 0.3) is 0 Å². The van der Waals surface area contributed by atoms with Gasteiger partial charge in [-0.2, -0.15) is 0 Å². The molecule has 0 saturated heterocycles. The van der Waals surface area contributed by atoms with E-state index in [1.165, 1.54) is 0 Å². The van der Waals surface area contributed by atoms with Gasteiger partial charge < -0.3 is 5.73 Å². The van der Waals surface area contributed by atoms with Gasteiger partial charge in [-0.3, -0.25) is 9.69 Å². The lowest BCUT2D eigenvalue weighted by Crippen LogP contribution is -2.29. The van der Waals surface area contributed by atoms with Crippen LogP contribution in [0.4, 0.5) is 5.82 Å². The minimum atomic E-state index is 0.0721. The molecule has 6 heteroatoms. The van der Waals surface area contributed by atoms with Gasteiger partial charge in [0.15, 0.2) is 0 Å². The summed E-state index contributed by atoms with van der Waals surface area (Å²) in [5, 5.41) is 0.363. The van der Waals surface area contributed by atoms with Crippen molar-refractivity contribution >= 4 is 23.3 Å². The van der Waals surface area contributed by atoms with Crippen LogP contribution in [0.2, 0.25) is 5.15 Å². The van der Waals surface area contributed by atoms with E-state index >= 15 is 0 Å². The van der Waals surface area contributed by atoms with Gasteiger partial charge in [0.25, 0.3) is 0 Å².